The van der Waals surface area contributed by atoms with Crippen LogP contribution < -0.4 is 9.64 Å². The zero-order chi connectivity index (χ0) is 19.6. The van der Waals surface area contributed by atoms with Gasteiger partial charge in [0, 0.05) is 5.69 Å². The minimum atomic E-state index is -0.923. The van der Waals surface area contributed by atoms with Crippen molar-refractivity contribution < 1.29 is 29.3 Å². The highest BCUT2D eigenvalue weighted by atomic mass is 16.5. The maximum atomic E-state index is 12.8. The van der Waals surface area contributed by atoms with E-state index in [1.807, 2.05) is 0 Å². The Bertz CT molecular complexity index is 906. The quantitative estimate of drug-likeness (QED) is 0.787. The van der Waals surface area contributed by atoms with Crippen LogP contribution in [-0.4, -0.2) is 35.8 Å². The first-order valence-electron chi connectivity index (χ1n) is 8.35. The van der Waals surface area contributed by atoms with E-state index < -0.39 is 23.7 Å². The molecule has 0 aromatic heterocycles. The van der Waals surface area contributed by atoms with Crippen LogP contribution in [0.5, 0.6) is 11.5 Å². The predicted molar refractivity (Wildman–Crippen MR) is 97.6 cm³/mol. The summed E-state index contributed by atoms with van der Waals surface area (Å²) in [5.74, 6) is -2.04. The maximum Gasteiger partial charge on any atom is 0.340 e. The first-order valence-corrected chi connectivity index (χ1v) is 8.35. The van der Waals surface area contributed by atoms with E-state index in [1.54, 1.807) is 43.3 Å². The van der Waals surface area contributed by atoms with Crippen LogP contribution in [0.2, 0.25) is 0 Å². The number of aromatic hydroxyl groups is 1. The third-order valence-corrected chi connectivity index (χ3v) is 4.26. The molecule has 1 aliphatic rings. The van der Waals surface area contributed by atoms with Gasteiger partial charge < -0.3 is 19.7 Å². The summed E-state index contributed by atoms with van der Waals surface area (Å²) in [5, 5.41) is 20.3. The summed E-state index contributed by atoms with van der Waals surface area (Å²) in [7, 11) is 1.40. The molecule has 140 valence electrons. The van der Waals surface area contributed by atoms with Gasteiger partial charge in [-0.3, -0.25) is 9.69 Å². The average Bonchev–Trinajstić information content (AvgIpc) is 2.94. The lowest BCUT2D eigenvalue weighted by atomic mass is 9.98. The molecule has 7 heteroatoms. The molecule has 0 unspecified atom stereocenters. The van der Waals surface area contributed by atoms with Gasteiger partial charge >= 0.3 is 5.97 Å². The molecule has 7 nitrogen and oxygen atoms in total. The minimum absolute atomic E-state index is 0.0808. The highest BCUT2D eigenvalue weighted by Crippen LogP contribution is 2.42. The van der Waals surface area contributed by atoms with Gasteiger partial charge in [-0.1, -0.05) is 24.3 Å². The third kappa shape index (κ3) is 3.19. The predicted octanol–water partition coefficient (Wildman–Crippen LogP) is 2.86. The lowest BCUT2D eigenvalue weighted by molar-refractivity contribution is -0.139. The standard InChI is InChI=1S/C20H19NO6/c1-3-27-20(25)16-17(12-9-10-14(22)15(11-12)26-2)21(19(24)18(16)23)13-7-5-4-6-8-13/h4-11,17,22-23H,3H2,1-2H3/t17-/m0/s1. The Kier molecular flexibility index (Phi) is 5.03. The second-order valence-electron chi connectivity index (χ2n) is 5.83. The van der Waals surface area contributed by atoms with Gasteiger partial charge in [0.25, 0.3) is 5.91 Å². The van der Waals surface area contributed by atoms with Crippen LogP contribution in [0.25, 0.3) is 0 Å². The number of carbonyl (C=O) groups is 2. The van der Waals surface area contributed by atoms with Gasteiger partial charge in [-0.15, -0.1) is 0 Å². The van der Waals surface area contributed by atoms with Crippen LogP contribution in [0, 0.1) is 0 Å². The molecule has 2 aromatic carbocycles. The largest absolute Gasteiger partial charge is 0.504 e. The van der Waals surface area contributed by atoms with Crippen molar-refractivity contribution in [1.82, 2.24) is 0 Å². The van der Waals surface area contributed by atoms with Crippen molar-refractivity contribution in [1.29, 1.82) is 0 Å². The first-order chi connectivity index (χ1) is 13.0. The lowest BCUT2D eigenvalue weighted by Crippen LogP contribution is -2.31. The van der Waals surface area contributed by atoms with Gasteiger partial charge in [0.2, 0.25) is 0 Å². The van der Waals surface area contributed by atoms with Gasteiger partial charge in [0.15, 0.2) is 17.3 Å². The summed E-state index contributed by atoms with van der Waals surface area (Å²) >= 11 is 0. The number of aliphatic hydroxyl groups is 1. The first kappa shape index (κ1) is 18.3. The van der Waals surface area contributed by atoms with Crippen LogP contribution in [0.15, 0.2) is 59.9 Å². The Labute approximate surface area is 156 Å². The summed E-state index contributed by atoms with van der Waals surface area (Å²) in [6.07, 6.45) is 0. The molecule has 0 spiro atoms. The topological polar surface area (TPSA) is 96.3 Å². The number of benzene rings is 2. The summed E-state index contributed by atoms with van der Waals surface area (Å²) in [5.41, 5.74) is 0.831. The van der Waals surface area contributed by atoms with E-state index >= 15 is 0 Å². The number of phenols is 1. The third-order valence-electron chi connectivity index (χ3n) is 4.26. The molecule has 0 fully saturated rings. The summed E-state index contributed by atoms with van der Waals surface area (Å²) in [4.78, 5) is 26.6. The summed E-state index contributed by atoms with van der Waals surface area (Å²) in [6, 6.07) is 12.2. The van der Waals surface area contributed by atoms with E-state index in [0.717, 1.165) is 0 Å². The molecule has 0 saturated carbocycles. The highest BCUT2D eigenvalue weighted by molar-refractivity contribution is 6.15. The molecule has 2 N–H and O–H groups in total. The second kappa shape index (κ2) is 7.41. The van der Waals surface area contributed by atoms with Gasteiger partial charge in [-0.2, -0.15) is 0 Å². The van der Waals surface area contributed by atoms with Crippen molar-refractivity contribution in [3.63, 3.8) is 0 Å². The van der Waals surface area contributed by atoms with Crippen molar-refractivity contribution in [3.8, 4) is 11.5 Å². The molecule has 1 aliphatic heterocycles. The number of hydrogen-bond acceptors (Lipinski definition) is 6. The molecule has 0 saturated heterocycles. The molecule has 3 rings (SSSR count). The Hall–Kier alpha value is -3.48. The van der Waals surface area contributed by atoms with Gasteiger partial charge in [0.05, 0.1) is 19.8 Å². The van der Waals surface area contributed by atoms with E-state index in [4.69, 9.17) is 9.47 Å². The molecule has 0 bridgehead atoms. The van der Waals surface area contributed by atoms with Gasteiger partial charge in [-0.05, 0) is 36.8 Å². The molecule has 1 amide bonds. The van der Waals surface area contributed by atoms with E-state index in [-0.39, 0.29) is 23.7 Å². The molecule has 0 radical (unpaired) electrons. The smallest absolute Gasteiger partial charge is 0.340 e. The van der Waals surface area contributed by atoms with Crippen molar-refractivity contribution in [3.05, 3.63) is 65.4 Å². The van der Waals surface area contributed by atoms with Crippen molar-refractivity contribution in [2.45, 2.75) is 13.0 Å². The van der Waals surface area contributed by atoms with E-state index in [0.29, 0.717) is 11.3 Å². The number of rotatable bonds is 5. The Balaban J connectivity index is 2.18. The molecular formula is C20H19NO6. The number of esters is 1. The second-order valence-corrected chi connectivity index (χ2v) is 5.83. The number of nitrogens with zero attached hydrogens (tertiary/aromatic N) is 1. The number of para-hydroxylation sites is 1. The SMILES string of the molecule is CCOC(=O)C1=C(O)C(=O)N(c2ccccc2)[C@H]1c1ccc(O)c(OC)c1. The van der Waals surface area contributed by atoms with Crippen molar-refractivity contribution in [2.75, 3.05) is 18.6 Å². The summed E-state index contributed by atoms with van der Waals surface area (Å²) in [6.45, 7) is 1.74. The highest BCUT2D eigenvalue weighted by Gasteiger charge is 2.45. The number of ether oxygens (including phenoxy) is 2. The number of phenolic OH excluding ortho intramolecular Hbond substituents is 1. The monoisotopic (exact) mass is 369 g/mol. The van der Waals surface area contributed by atoms with Crippen molar-refractivity contribution >= 4 is 17.6 Å². The maximum absolute atomic E-state index is 12.8. The number of anilines is 1. The van der Waals surface area contributed by atoms with E-state index in [9.17, 15) is 19.8 Å². The zero-order valence-corrected chi connectivity index (χ0v) is 14.9. The van der Waals surface area contributed by atoms with Crippen LogP contribution in [-0.2, 0) is 14.3 Å². The van der Waals surface area contributed by atoms with Crippen LogP contribution in [0.3, 0.4) is 0 Å². The number of hydrogen-bond donors (Lipinski definition) is 2. The number of amides is 1. The molecule has 27 heavy (non-hydrogen) atoms. The Morgan fingerprint density at radius 1 is 1.15 bits per heavy atom. The van der Waals surface area contributed by atoms with Gasteiger partial charge in [0.1, 0.15) is 5.57 Å². The molecule has 0 aliphatic carbocycles. The zero-order valence-electron chi connectivity index (χ0n) is 14.9. The van der Waals surface area contributed by atoms with Gasteiger partial charge in [-0.25, -0.2) is 4.79 Å². The fraction of sp³-hybridized carbons (Fsp3) is 0.200. The molecular weight excluding hydrogens is 350 g/mol. The van der Waals surface area contributed by atoms with Crippen molar-refractivity contribution in [2.24, 2.45) is 0 Å². The van der Waals surface area contributed by atoms with Crippen LogP contribution in [0.1, 0.15) is 18.5 Å². The number of aliphatic hydroxyl groups excluding tert-OH is 1. The Morgan fingerprint density at radius 2 is 1.85 bits per heavy atom. The van der Waals surface area contributed by atoms with E-state index in [1.165, 1.54) is 24.1 Å². The van der Waals surface area contributed by atoms with E-state index in [2.05, 4.69) is 0 Å². The lowest BCUT2D eigenvalue weighted by Gasteiger charge is -2.27. The average molecular weight is 369 g/mol. The van der Waals surface area contributed by atoms with Crippen LogP contribution >= 0.6 is 0 Å². The molecule has 2 aromatic rings. The van der Waals surface area contributed by atoms with Crippen LogP contribution in [0.4, 0.5) is 5.69 Å². The fourth-order valence-electron chi connectivity index (χ4n) is 3.06. The number of carbonyl (C=O) groups excluding carboxylic acids is 2. The molecule has 1 heterocycles. The number of methoxy groups -OCH3 is 1. The Morgan fingerprint density at radius 3 is 2.48 bits per heavy atom. The normalized spacial score (nSPS) is 16.6. The minimum Gasteiger partial charge on any atom is -0.504 e. The summed E-state index contributed by atoms with van der Waals surface area (Å²) < 4.78 is 10.2. The fourth-order valence-corrected chi connectivity index (χ4v) is 3.06. The molecule has 1 atom stereocenters.